The molecule has 0 aliphatic carbocycles. The van der Waals surface area contributed by atoms with Gasteiger partial charge in [-0.25, -0.2) is 4.79 Å². The molecule has 0 radical (unpaired) electrons. The summed E-state index contributed by atoms with van der Waals surface area (Å²) in [6, 6.07) is 17.3. The molecule has 1 N–H and O–H groups in total. The number of benzene rings is 2. The van der Waals surface area contributed by atoms with E-state index in [4.69, 9.17) is 9.84 Å². The maximum absolute atomic E-state index is 11.9. The van der Waals surface area contributed by atoms with E-state index < -0.39 is 0 Å². The Balaban J connectivity index is 2.05. The summed E-state index contributed by atoms with van der Waals surface area (Å²) in [5.41, 5.74) is 4.29. The number of aliphatic hydroxyl groups excluding tert-OH is 1. The van der Waals surface area contributed by atoms with E-state index in [1.165, 1.54) is 0 Å². The van der Waals surface area contributed by atoms with Crippen molar-refractivity contribution in [3.05, 3.63) is 76.9 Å². The van der Waals surface area contributed by atoms with Crippen LogP contribution in [0.4, 0.5) is 0 Å². The molecule has 3 rings (SSSR count). The van der Waals surface area contributed by atoms with Crippen LogP contribution < -0.4 is 0 Å². The highest BCUT2D eigenvalue weighted by Crippen LogP contribution is 2.41. The molecule has 1 aliphatic rings. The predicted octanol–water partition coefficient (Wildman–Crippen LogP) is 3.25. The van der Waals surface area contributed by atoms with Crippen molar-refractivity contribution in [1.82, 2.24) is 0 Å². The molecule has 106 valence electrons. The standard InChI is InChI=1S/C18H16O3/c1-12-16(14-9-7-13(11-19)8-10-14)17(21-18(12)20)15-5-3-2-4-6-15/h2-10,17,19H,11H2,1H3. The normalized spacial score (nSPS) is 18.0. The van der Waals surface area contributed by atoms with Gasteiger partial charge >= 0.3 is 5.97 Å². The SMILES string of the molecule is CC1=C(c2ccc(CO)cc2)C(c2ccccc2)OC1=O. The fraction of sp³-hybridized carbons (Fsp3) is 0.167. The van der Waals surface area contributed by atoms with Crippen molar-refractivity contribution in [2.45, 2.75) is 19.6 Å². The van der Waals surface area contributed by atoms with Crippen LogP contribution in [-0.2, 0) is 16.1 Å². The minimum atomic E-state index is -0.362. The number of ether oxygens (including phenoxy) is 1. The first-order chi connectivity index (χ1) is 10.2. The van der Waals surface area contributed by atoms with Crippen molar-refractivity contribution >= 4 is 11.5 Å². The molecule has 0 saturated heterocycles. The Morgan fingerprint density at radius 1 is 1.05 bits per heavy atom. The highest BCUT2D eigenvalue weighted by atomic mass is 16.5. The van der Waals surface area contributed by atoms with Crippen molar-refractivity contribution in [2.24, 2.45) is 0 Å². The zero-order chi connectivity index (χ0) is 14.8. The molecule has 3 heteroatoms. The average molecular weight is 280 g/mol. The summed E-state index contributed by atoms with van der Waals surface area (Å²) in [6.45, 7) is 1.80. The Labute approximate surface area is 123 Å². The number of hydrogen-bond donors (Lipinski definition) is 1. The van der Waals surface area contributed by atoms with Gasteiger partial charge in [-0.05, 0) is 23.6 Å². The van der Waals surface area contributed by atoms with Gasteiger partial charge in [-0.15, -0.1) is 0 Å². The monoisotopic (exact) mass is 280 g/mol. The number of esters is 1. The number of carbonyl (C=O) groups excluding carboxylic acids is 1. The Morgan fingerprint density at radius 2 is 1.71 bits per heavy atom. The fourth-order valence-electron chi connectivity index (χ4n) is 2.58. The first-order valence-electron chi connectivity index (χ1n) is 6.87. The zero-order valence-electron chi connectivity index (χ0n) is 11.7. The van der Waals surface area contributed by atoms with Gasteiger partial charge in [0.1, 0.15) is 0 Å². The third kappa shape index (κ3) is 2.48. The summed E-state index contributed by atoms with van der Waals surface area (Å²) in [5, 5.41) is 9.13. The Morgan fingerprint density at radius 3 is 2.33 bits per heavy atom. The van der Waals surface area contributed by atoms with Gasteiger partial charge in [0.05, 0.1) is 6.61 Å². The second-order valence-electron chi connectivity index (χ2n) is 5.09. The summed E-state index contributed by atoms with van der Waals surface area (Å²) in [6.07, 6.45) is -0.362. The van der Waals surface area contributed by atoms with E-state index in [0.717, 1.165) is 22.3 Å². The van der Waals surface area contributed by atoms with Crippen LogP contribution in [0.25, 0.3) is 5.57 Å². The van der Waals surface area contributed by atoms with Crippen LogP contribution in [0.1, 0.15) is 29.7 Å². The number of rotatable bonds is 3. The molecule has 21 heavy (non-hydrogen) atoms. The minimum absolute atomic E-state index is 0.00978. The number of aliphatic hydroxyl groups is 1. The van der Waals surface area contributed by atoms with E-state index in [-0.39, 0.29) is 18.7 Å². The van der Waals surface area contributed by atoms with E-state index in [1.54, 1.807) is 6.92 Å². The Hall–Kier alpha value is -2.39. The van der Waals surface area contributed by atoms with Gasteiger partial charge in [0.15, 0.2) is 6.10 Å². The molecule has 1 heterocycles. The quantitative estimate of drug-likeness (QED) is 0.878. The van der Waals surface area contributed by atoms with E-state index >= 15 is 0 Å². The predicted molar refractivity (Wildman–Crippen MR) is 80.2 cm³/mol. The van der Waals surface area contributed by atoms with Crippen molar-refractivity contribution in [3.8, 4) is 0 Å². The molecular weight excluding hydrogens is 264 g/mol. The maximum Gasteiger partial charge on any atom is 0.335 e. The highest BCUT2D eigenvalue weighted by molar-refractivity contribution is 6.02. The maximum atomic E-state index is 11.9. The molecule has 2 aromatic carbocycles. The van der Waals surface area contributed by atoms with E-state index in [1.807, 2.05) is 54.6 Å². The summed E-state index contributed by atoms with van der Waals surface area (Å²) in [5.74, 6) is -0.273. The largest absolute Gasteiger partial charge is 0.449 e. The topological polar surface area (TPSA) is 46.5 Å². The molecule has 1 aliphatic heterocycles. The second kappa shape index (κ2) is 5.54. The highest BCUT2D eigenvalue weighted by Gasteiger charge is 2.33. The Kier molecular flexibility index (Phi) is 3.59. The first-order valence-corrected chi connectivity index (χ1v) is 6.87. The molecule has 1 unspecified atom stereocenters. The molecule has 0 bridgehead atoms. The molecule has 2 aromatic rings. The molecule has 0 fully saturated rings. The van der Waals surface area contributed by atoms with Crippen LogP contribution in [0.15, 0.2) is 60.2 Å². The third-order valence-corrected chi connectivity index (χ3v) is 3.75. The molecule has 1 atom stereocenters. The fourth-order valence-corrected chi connectivity index (χ4v) is 2.58. The molecular formula is C18H16O3. The lowest BCUT2D eigenvalue weighted by atomic mass is 9.93. The van der Waals surface area contributed by atoms with Gasteiger partial charge in [-0.1, -0.05) is 54.6 Å². The molecule has 0 saturated carbocycles. The molecule has 0 aromatic heterocycles. The van der Waals surface area contributed by atoms with Gasteiger partial charge in [0.25, 0.3) is 0 Å². The second-order valence-corrected chi connectivity index (χ2v) is 5.09. The number of hydrogen-bond acceptors (Lipinski definition) is 3. The van der Waals surface area contributed by atoms with Gasteiger partial charge in [-0.3, -0.25) is 0 Å². The smallest absolute Gasteiger partial charge is 0.335 e. The Bertz CT molecular complexity index is 684. The van der Waals surface area contributed by atoms with Gasteiger partial charge in [-0.2, -0.15) is 0 Å². The van der Waals surface area contributed by atoms with E-state index in [2.05, 4.69) is 0 Å². The van der Waals surface area contributed by atoms with Gasteiger partial charge < -0.3 is 9.84 Å². The summed E-state index contributed by atoms with van der Waals surface area (Å²) in [4.78, 5) is 11.9. The summed E-state index contributed by atoms with van der Waals surface area (Å²) < 4.78 is 5.52. The average Bonchev–Trinajstić information content (AvgIpc) is 2.84. The van der Waals surface area contributed by atoms with Crippen LogP contribution >= 0.6 is 0 Å². The summed E-state index contributed by atoms with van der Waals surface area (Å²) >= 11 is 0. The molecule has 3 nitrogen and oxygen atoms in total. The van der Waals surface area contributed by atoms with Crippen LogP contribution in [0, 0.1) is 0 Å². The van der Waals surface area contributed by atoms with E-state index in [0.29, 0.717) is 5.57 Å². The van der Waals surface area contributed by atoms with Crippen LogP contribution in [0.5, 0.6) is 0 Å². The number of carbonyl (C=O) groups is 1. The van der Waals surface area contributed by atoms with Crippen molar-refractivity contribution in [2.75, 3.05) is 0 Å². The zero-order valence-corrected chi connectivity index (χ0v) is 11.7. The van der Waals surface area contributed by atoms with Gasteiger partial charge in [0.2, 0.25) is 0 Å². The lowest BCUT2D eigenvalue weighted by Gasteiger charge is -2.15. The van der Waals surface area contributed by atoms with Crippen molar-refractivity contribution < 1.29 is 14.6 Å². The van der Waals surface area contributed by atoms with Crippen LogP contribution in [-0.4, -0.2) is 11.1 Å². The van der Waals surface area contributed by atoms with Gasteiger partial charge in [0, 0.05) is 11.1 Å². The van der Waals surface area contributed by atoms with Crippen LogP contribution in [0.3, 0.4) is 0 Å². The van der Waals surface area contributed by atoms with Crippen molar-refractivity contribution in [1.29, 1.82) is 0 Å². The lowest BCUT2D eigenvalue weighted by molar-refractivity contribution is -0.139. The molecule has 0 spiro atoms. The minimum Gasteiger partial charge on any atom is -0.449 e. The third-order valence-electron chi connectivity index (χ3n) is 3.75. The van der Waals surface area contributed by atoms with E-state index in [9.17, 15) is 4.79 Å². The van der Waals surface area contributed by atoms with Crippen LogP contribution in [0.2, 0.25) is 0 Å². The molecule has 0 amide bonds. The lowest BCUT2D eigenvalue weighted by Crippen LogP contribution is -2.03. The number of cyclic esters (lactones) is 1. The summed E-state index contributed by atoms with van der Waals surface area (Å²) in [7, 11) is 0. The van der Waals surface area contributed by atoms with Crippen molar-refractivity contribution in [3.63, 3.8) is 0 Å². The first kappa shape index (κ1) is 13.6.